The van der Waals surface area contributed by atoms with Crippen LogP contribution in [0.1, 0.15) is 25.7 Å². The summed E-state index contributed by atoms with van der Waals surface area (Å²) < 4.78 is 5.17. The number of rotatable bonds is 6. The fraction of sp³-hybridized carbons (Fsp3) is 0.636. The zero-order valence-electron chi connectivity index (χ0n) is 9.15. The third-order valence-electron chi connectivity index (χ3n) is 2.50. The van der Waals surface area contributed by atoms with Crippen LogP contribution in [0.4, 0.5) is 0 Å². The molecule has 5 heteroatoms. The Bertz CT molecular complexity index is 271. The number of carboxylic acid groups (broad SMARTS) is 1. The van der Waals surface area contributed by atoms with E-state index < -0.39 is 18.1 Å². The van der Waals surface area contributed by atoms with Crippen LogP contribution >= 0.6 is 0 Å². The monoisotopic (exact) mass is 227 g/mol. The molecule has 1 fully saturated rings. The summed E-state index contributed by atoms with van der Waals surface area (Å²) >= 11 is 0. The molecule has 1 aliphatic heterocycles. The Morgan fingerprint density at radius 2 is 2.38 bits per heavy atom. The van der Waals surface area contributed by atoms with Crippen LogP contribution in [0, 0.1) is 0 Å². The number of carbonyl (C=O) groups is 2. The molecule has 0 unspecified atom stereocenters. The van der Waals surface area contributed by atoms with E-state index in [1.54, 1.807) is 6.08 Å². The summed E-state index contributed by atoms with van der Waals surface area (Å²) in [6.45, 7) is 4.09. The Balaban J connectivity index is 2.43. The molecule has 0 aromatic rings. The summed E-state index contributed by atoms with van der Waals surface area (Å²) in [6, 6.07) is -0.852. The Kier molecular flexibility index (Phi) is 4.98. The molecule has 1 heterocycles. The maximum atomic E-state index is 11.6. The molecule has 1 saturated heterocycles. The molecule has 0 radical (unpaired) electrons. The minimum Gasteiger partial charge on any atom is -0.480 e. The van der Waals surface area contributed by atoms with Gasteiger partial charge in [-0.1, -0.05) is 6.08 Å². The molecule has 0 saturated carbocycles. The summed E-state index contributed by atoms with van der Waals surface area (Å²) in [6.07, 6.45) is 3.58. The molecule has 2 N–H and O–H groups in total. The van der Waals surface area contributed by atoms with Gasteiger partial charge in [-0.05, 0) is 25.7 Å². The van der Waals surface area contributed by atoms with E-state index in [0.717, 1.165) is 6.42 Å². The van der Waals surface area contributed by atoms with E-state index in [0.29, 0.717) is 25.9 Å². The summed E-state index contributed by atoms with van der Waals surface area (Å²) in [7, 11) is 0. The normalized spacial score (nSPS) is 21.4. The van der Waals surface area contributed by atoms with Crippen LogP contribution in [-0.2, 0) is 14.3 Å². The van der Waals surface area contributed by atoms with Crippen molar-refractivity contribution in [2.75, 3.05) is 6.61 Å². The molecule has 90 valence electrons. The van der Waals surface area contributed by atoms with E-state index in [4.69, 9.17) is 9.84 Å². The molecule has 2 atom stereocenters. The highest BCUT2D eigenvalue weighted by Gasteiger charge is 2.27. The number of ether oxygens (including phenoxy) is 1. The van der Waals surface area contributed by atoms with Crippen molar-refractivity contribution in [3.05, 3.63) is 12.7 Å². The highest BCUT2D eigenvalue weighted by atomic mass is 16.5. The van der Waals surface area contributed by atoms with Crippen molar-refractivity contribution in [1.82, 2.24) is 5.32 Å². The number of hydrogen-bond donors (Lipinski definition) is 2. The lowest BCUT2D eigenvalue weighted by molar-refractivity contribution is -0.143. The second kappa shape index (κ2) is 6.27. The van der Waals surface area contributed by atoms with Crippen molar-refractivity contribution in [1.29, 1.82) is 0 Å². The van der Waals surface area contributed by atoms with Crippen LogP contribution in [0.2, 0.25) is 0 Å². The van der Waals surface area contributed by atoms with Crippen LogP contribution < -0.4 is 5.32 Å². The van der Waals surface area contributed by atoms with E-state index in [2.05, 4.69) is 11.9 Å². The Morgan fingerprint density at radius 3 is 2.88 bits per heavy atom. The molecule has 0 aromatic heterocycles. The fourth-order valence-electron chi connectivity index (χ4n) is 1.59. The predicted octanol–water partition coefficient (Wildman–Crippen LogP) is 0.701. The van der Waals surface area contributed by atoms with Crippen molar-refractivity contribution < 1.29 is 19.4 Å². The summed E-state index contributed by atoms with van der Waals surface area (Å²) in [5.74, 6) is -1.35. The van der Waals surface area contributed by atoms with Crippen molar-refractivity contribution >= 4 is 11.9 Å². The maximum absolute atomic E-state index is 11.6. The van der Waals surface area contributed by atoms with Crippen molar-refractivity contribution in [2.45, 2.75) is 37.8 Å². The lowest BCUT2D eigenvalue weighted by Gasteiger charge is -2.16. The van der Waals surface area contributed by atoms with E-state index in [1.807, 2.05) is 0 Å². The molecule has 0 aromatic carbocycles. The number of hydrogen-bond acceptors (Lipinski definition) is 3. The Hall–Kier alpha value is -1.36. The van der Waals surface area contributed by atoms with Gasteiger partial charge in [-0.15, -0.1) is 6.58 Å². The first-order valence-corrected chi connectivity index (χ1v) is 5.41. The molecule has 0 aliphatic carbocycles. The summed E-state index contributed by atoms with van der Waals surface area (Å²) in [4.78, 5) is 22.5. The summed E-state index contributed by atoms with van der Waals surface area (Å²) in [5.41, 5.74) is 0. The maximum Gasteiger partial charge on any atom is 0.326 e. The first kappa shape index (κ1) is 12.7. The van der Waals surface area contributed by atoms with Gasteiger partial charge in [0.25, 0.3) is 0 Å². The standard InChI is InChI=1S/C11H17NO4/c1-2-3-5-8(11(14)15)12-10(13)9-6-4-7-16-9/h2,8-9H,1,3-7H2,(H,12,13)(H,14,15)/t8-,9+/m1/s1. The third-order valence-corrected chi connectivity index (χ3v) is 2.50. The van der Waals surface area contributed by atoms with Gasteiger partial charge in [-0.25, -0.2) is 4.79 Å². The molecule has 1 aliphatic rings. The van der Waals surface area contributed by atoms with Gasteiger partial charge >= 0.3 is 5.97 Å². The second-order valence-corrected chi connectivity index (χ2v) is 3.77. The van der Waals surface area contributed by atoms with Gasteiger partial charge in [0.2, 0.25) is 5.91 Å². The minimum atomic E-state index is -1.02. The van der Waals surface area contributed by atoms with Crippen molar-refractivity contribution in [2.24, 2.45) is 0 Å². The number of nitrogens with one attached hydrogen (secondary N) is 1. The van der Waals surface area contributed by atoms with Gasteiger partial charge in [-0.2, -0.15) is 0 Å². The van der Waals surface area contributed by atoms with Gasteiger partial charge in [0.05, 0.1) is 0 Å². The Morgan fingerprint density at radius 1 is 1.62 bits per heavy atom. The lowest BCUT2D eigenvalue weighted by atomic mass is 10.1. The zero-order valence-corrected chi connectivity index (χ0v) is 9.15. The van der Waals surface area contributed by atoms with Crippen LogP contribution in [0.5, 0.6) is 0 Å². The topological polar surface area (TPSA) is 75.6 Å². The highest BCUT2D eigenvalue weighted by Crippen LogP contribution is 2.12. The predicted molar refractivity (Wildman–Crippen MR) is 58.0 cm³/mol. The van der Waals surface area contributed by atoms with Gasteiger partial charge < -0.3 is 15.2 Å². The molecule has 5 nitrogen and oxygen atoms in total. The first-order valence-electron chi connectivity index (χ1n) is 5.41. The van der Waals surface area contributed by atoms with E-state index in [9.17, 15) is 9.59 Å². The third kappa shape index (κ3) is 3.66. The molecule has 16 heavy (non-hydrogen) atoms. The van der Waals surface area contributed by atoms with Crippen molar-refractivity contribution in [3.8, 4) is 0 Å². The largest absolute Gasteiger partial charge is 0.480 e. The quantitative estimate of drug-likeness (QED) is 0.655. The molecular weight excluding hydrogens is 210 g/mol. The number of amides is 1. The lowest BCUT2D eigenvalue weighted by Crippen LogP contribution is -2.45. The number of allylic oxidation sites excluding steroid dienone is 1. The molecule has 1 amide bonds. The summed E-state index contributed by atoms with van der Waals surface area (Å²) in [5, 5.41) is 11.4. The Labute approximate surface area is 94.5 Å². The molecule has 1 rings (SSSR count). The number of carboxylic acids is 1. The average Bonchev–Trinajstić information content (AvgIpc) is 2.76. The smallest absolute Gasteiger partial charge is 0.326 e. The van der Waals surface area contributed by atoms with Gasteiger partial charge in [0, 0.05) is 6.61 Å². The van der Waals surface area contributed by atoms with Gasteiger partial charge in [-0.3, -0.25) is 4.79 Å². The van der Waals surface area contributed by atoms with Gasteiger partial charge in [0.1, 0.15) is 12.1 Å². The van der Waals surface area contributed by atoms with E-state index in [1.165, 1.54) is 0 Å². The van der Waals surface area contributed by atoms with Crippen molar-refractivity contribution in [3.63, 3.8) is 0 Å². The van der Waals surface area contributed by atoms with E-state index >= 15 is 0 Å². The highest BCUT2D eigenvalue weighted by molar-refractivity contribution is 5.86. The minimum absolute atomic E-state index is 0.325. The average molecular weight is 227 g/mol. The first-order chi connectivity index (χ1) is 7.65. The van der Waals surface area contributed by atoms with Crippen LogP contribution in [0.3, 0.4) is 0 Å². The van der Waals surface area contributed by atoms with E-state index in [-0.39, 0.29) is 5.91 Å². The number of carbonyl (C=O) groups excluding carboxylic acids is 1. The molecule has 0 spiro atoms. The second-order valence-electron chi connectivity index (χ2n) is 3.77. The SMILES string of the molecule is C=CCC[C@@H](NC(=O)[C@@H]1CCCO1)C(=O)O. The zero-order chi connectivity index (χ0) is 12.0. The van der Waals surface area contributed by atoms with Crippen LogP contribution in [0.25, 0.3) is 0 Å². The number of aliphatic carboxylic acids is 1. The van der Waals surface area contributed by atoms with Crippen LogP contribution in [0.15, 0.2) is 12.7 Å². The van der Waals surface area contributed by atoms with Gasteiger partial charge in [0.15, 0.2) is 0 Å². The fourth-order valence-corrected chi connectivity index (χ4v) is 1.59. The molecule has 0 bridgehead atoms. The van der Waals surface area contributed by atoms with Crippen LogP contribution in [-0.4, -0.2) is 35.7 Å². The molecular formula is C11H17NO4.